The van der Waals surface area contributed by atoms with Gasteiger partial charge in [-0.1, -0.05) is 11.6 Å². The number of aromatic nitrogens is 4. The van der Waals surface area contributed by atoms with Crippen LogP contribution in [0.3, 0.4) is 0 Å². The van der Waals surface area contributed by atoms with Crippen LogP contribution in [0, 0.1) is 0 Å². The first kappa shape index (κ1) is 15.5. The lowest BCUT2D eigenvalue weighted by molar-refractivity contribution is 0.0623. The minimum absolute atomic E-state index is 0.0640. The normalized spacial score (nSPS) is 18.8. The lowest BCUT2D eigenvalue weighted by Crippen LogP contribution is -2.48. The third-order valence-corrected chi connectivity index (χ3v) is 4.82. The van der Waals surface area contributed by atoms with Crippen molar-refractivity contribution in [3.63, 3.8) is 0 Å². The first-order valence-electron chi connectivity index (χ1n) is 8.24. The van der Waals surface area contributed by atoms with Gasteiger partial charge in [0.25, 0.3) is 5.91 Å². The van der Waals surface area contributed by atoms with E-state index in [0.717, 1.165) is 25.5 Å². The molecule has 2 aromatic rings. The smallest absolute Gasteiger partial charge is 0.253 e. The summed E-state index contributed by atoms with van der Waals surface area (Å²) in [5.41, 5.74) is 0.686. The van der Waals surface area contributed by atoms with Gasteiger partial charge < -0.3 is 4.90 Å². The Morgan fingerprint density at radius 3 is 2.50 bits per heavy atom. The molecule has 24 heavy (non-hydrogen) atoms. The SMILES string of the molecule is O=C(c1ccc(Cl)cc1)N1CCN(Cc2nnnn2C2CC2)CC1. The topological polar surface area (TPSA) is 67.2 Å². The number of carbonyl (C=O) groups is 1. The fourth-order valence-corrected chi connectivity index (χ4v) is 3.13. The molecule has 1 aromatic carbocycles. The van der Waals surface area contributed by atoms with Crippen molar-refractivity contribution in [2.75, 3.05) is 26.2 Å². The Morgan fingerprint density at radius 2 is 1.83 bits per heavy atom. The maximum absolute atomic E-state index is 12.5. The molecule has 0 unspecified atom stereocenters. The van der Waals surface area contributed by atoms with Crippen LogP contribution in [0.5, 0.6) is 0 Å². The summed E-state index contributed by atoms with van der Waals surface area (Å²) < 4.78 is 1.95. The fourth-order valence-electron chi connectivity index (χ4n) is 3.00. The van der Waals surface area contributed by atoms with Gasteiger partial charge in [0.1, 0.15) is 0 Å². The van der Waals surface area contributed by atoms with E-state index < -0.39 is 0 Å². The number of nitrogens with zero attached hydrogens (tertiary/aromatic N) is 6. The Balaban J connectivity index is 1.34. The molecule has 1 aliphatic heterocycles. The predicted octanol–water partition coefficient (Wildman–Crippen LogP) is 1.62. The Kier molecular flexibility index (Phi) is 4.20. The second-order valence-corrected chi connectivity index (χ2v) is 6.78. The number of hydrogen-bond donors (Lipinski definition) is 0. The van der Waals surface area contributed by atoms with E-state index in [2.05, 4.69) is 20.4 Å². The maximum atomic E-state index is 12.5. The van der Waals surface area contributed by atoms with E-state index >= 15 is 0 Å². The van der Waals surface area contributed by atoms with Gasteiger partial charge in [0, 0.05) is 36.8 Å². The third kappa shape index (κ3) is 3.27. The average Bonchev–Trinajstić information content (AvgIpc) is 3.35. The highest BCUT2D eigenvalue weighted by molar-refractivity contribution is 6.30. The maximum Gasteiger partial charge on any atom is 0.253 e. The Labute approximate surface area is 145 Å². The Hall–Kier alpha value is -1.99. The van der Waals surface area contributed by atoms with E-state index in [0.29, 0.717) is 29.7 Å². The molecule has 1 saturated heterocycles. The number of tetrazole rings is 1. The molecule has 0 radical (unpaired) electrons. The summed E-state index contributed by atoms with van der Waals surface area (Å²) in [4.78, 5) is 16.7. The first-order valence-corrected chi connectivity index (χ1v) is 8.62. The lowest BCUT2D eigenvalue weighted by atomic mass is 10.2. The quantitative estimate of drug-likeness (QED) is 0.841. The van der Waals surface area contributed by atoms with Crippen LogP contribution in [0.2, 0.25) is 5.02 Å². The van der Waals surface area contributed by atoms with Gasteiger partial charge in [0.2, 0.25) is 0 Å². The second-order valence-electron chi connectivity index (χ2n) is 6.35. The van der Waals surface area contributed by atoms with Crippen molar-refractivity contribution < 1.29 is 4.79 Å². The third-order valence-electron chi connectivity index (χ3n) is 4.57. The standard InChI is InChI=1S/C16H19ClN6O/c17-13-3-1-12(2-4-13)16(24)22-9-7-21(8-10-22)11-15-18-19-20-23(15)14-5-6-14/h1-4,14H,5-11H2. The van der Waals surface area contributed by atoms with Crippen LogP contribution in [0.25, 0.3) is 0 Å². The number of piperazine rings is 1. The van der Waals surface area contributed by atoms with Crippen molar-refractivity contribution in [1.82, 2.24) is 30.0 Å². The molecule has 0 atom stereocenters. The molecular weight excluding hydrogens is 328 g/mol. The predicted molar refractivity (Wildman–Crippen MR) is 88.7 cm³/mol. The zero-order valence-corrected chi connectivity index (χ0v) is 14.1. The molecule has 8 heteroatoms. The van der Waals surface area contributed by atoms with Gasteiger partial charge in [-0.2, -0.15) is 0 Å². The van der Waals surface area contributed by atoms with Crippen molar-refractivity contribution in [2.45, 2.75) is 25.4 Å². The monoisotopic (exact) mass is 346 g/mol. The minimum atomic E-state index is 0.0640. The highest BCUT2D eigenvalue weighted by atomic mass is 35.5. The molecule has 1 amide bonds. The summed E-state index contributed by atoms with van der Waals surface area (Å²) in [6.07, 6.45) is 2.34. The minimum Gasteiger partial charge on any atom is -0.336 e. The molecular formula is C16H19ClN6O. The second kappa shape index (κ2) is 6.49. The van der Waals surface area contributed by atoms with Crippen molar-refractivity contribution in [1.29, 1.82) is 0 Å². The van der Waals surface area contributed by atoms with E-state index in [1.165, 1.54) is 12.8 Å². The fraction of sp³-hybridized carbons (Fsp3) is 0.500. The number of amides is 1. The van der Waals surface area contributed by atoms with Crippen LogP contribution in [-0.2, 0) is 6.54 Å². The number of benzene rings is 1. The van der Waals surface area contributed by atoms with Crippen molar-refractivity contribution >= 4 is 17.5 Å². The number of halogens is 1. The van der Waals surface area contributed by atoms with Crippen LogP contribution in [0.1, 0.15) is 35.1 Å². The van der Waals surface area contributed by atoms with E-state index in [1.807, 2.05) is 9.58 Å². The van der Waals surface area contributed by atoms with Gasteiger partial charge in [0.15, 0.2) is 5.82 Å². The molecule has 0 N–H and O–H groups in total. The molecule has 2 heterocycles. The largest absolute Gasteiger partial charge is 0.336 e. The van der Waals surface area contributed by atoms with E-state index in [-0.39, 0.29) is 5.91 Å². The van der Waals surface area contributed by atoms with Crippen molar-refractivity contribution in [2.24, 2.45) is 0 Å². The van der Waals surface area contributed by atoms with E-state index in [1.54, 1.807) is 24.3 Å². The zero-order valence-electron chi connectivity index (χ0n) is 13.3. The zero-order chi connectivity index (χ0) is 16.5. The Bertz CT molecular complexity index is 718. The van der Waals surface area contributed by atoms with Crippen LogP contribution in [0.15, 0.2) is 24.3 Å². The van der Waals surface area contributed by atoms with Gasteiger partial charge >= 0.3 is 0 Å². The van der Waals surface area contributed by atoms with E-state index in [9.17, 15) is 4.79 Å². The summed E-state index contributed by atoms with van der Waals surface area (Å²) >= 11 is 5.88. The van der Waals surface area contributed by atoms with Gasteiger partial charge in [0.05, 0.1) is 12.6 Å². The van der Waals surface area contributed by atoms with Gasteiger partial charge in [-0.05, 0) is 47.5 Å². The molecule has 1 saturated carbocycles. The van der Waals surface area contributed by atoms with Crippen molar-refractivity contribution in [3.05, 3.63) is 40.7 Å². The summed E-state index contributed by atoms with van der Waals surface area (Å²) in [5, 5.41) is 12.7. The van der Waals surface area contributed by atoms with Gasteiger partial charge in [-0.15, -0.1) is 5.10 Å². The summed E-state index contributed by atoms with van der Waals surface area (Å²) in [6.45, 7) is 3.83. The van der Waals surface area contributed by atoms with Crippen LogP contribution >= 0.6 is 11.6 Å². The highest BCUT2D eigenvalue weighted by Crippen LogP contribution is 2.34. The number of hydrogen-bond acceptors (Lipinski definition) is 5. The molecule has 7 nitrogen and oxygen atoms in total. The number of rotatable bonds is 4. The highest BCUT2D eigenvalue weighted by Gasteiger charge is 2.29. The molecule has 2 aliphatic rings. The Morgan fingerprint density at radius 1 is 1.12 bits per heavy atom. The molecule has 2 fully saturated rings. The molecule has 0 bridgehead atoms. The number of carbonyl (C=O) groups excluding carboxylic acids is 1. The molecule has 1 aliphatic carbocycles. The van der Waals surface area contributed by atoms with Crippen molar-refractivity contribution in [3.8, 4) is 0 Å². The van der Waals surface area contributed by atoms with Gasteiger partial charge in [-0.3, -0.25) is 9.69 Å². The van der Waals surface area contributed by atoms with Gasteiger partial charge in [-0.25, -0.2) is 4.68 Å². The summed E-state index contributed by atoms with van der Waals surface area (Å²) in [5.74, 6) is 0.990. The summed E-state index contributed by atoms with van der Waals surface area (Å²) in [7, 11) is 0. The van der Waals surface area contributed by atoms with Crippen LogP contribution in [-0.4, -0.2) is 62.1 Å². The summed E-state index contributed by atoms with van der Waals surface area (Å²) in [6, 6.07) is 7.55. The first-order chi connectivity index (χ1) is 11.7. The van der Waals surface area contributed by atoms with E-state index in [4.69, 9.17) is 11.6 Å². The van der Waals surface area contributed by atoms with Crippen LogP contribution < -0.4 is 0 Å². The molecule has 0 spiro atoms. The molecule has 1 aromatic heterocycles. The lowest BCUT2D eigenvalue weighted by Gasteiger charge is -2.34. The molecule has 4 rings (SSSR count). The van der Waals surface area contributed by atoms with Crippen LogP contribution in [0.4, 0.5) is 0 Å². The molecule has 126 valence electrons. The average molecular weight is 347 g/mol.